The van der Waals surface area contributed by atoms with Gasteiger partial charge in [-0.05, 0) is 37.3 Å². The molecular weight excluding hydrogens is 533 g/mol. The predicted octanol–water partition coefficient (Wildman–Crippen LogP) is 3.73. The molecular formula is C23H24F5N7O2S. The van der Waals surface area contributed by atoms with E-state index in [0.29, 0.717) is 17.0 Å². The van der Waals surface area contributed by atoms with Crippen molar-refractivity contribution in [3.05, 3.63) is 41.6 Å². The van der Waals surface area contributed by atoms with Gasteiger partial charge in [-0.25, -0.2) is 18.3 Å². The molecule has 204 valence electrons. The zero-order chi connectivity index (χ0) is 27.1. The number of carbonyl (C=O) groups excluding carboxylic acids is 2. The lowest BCUT2D eigenvalue weighted by molar-refractivity contribution is -0.183. The molecule has 15 heteroatoms. The fourth-order valence-electron chi connectivity index (χ4n) is 5.09. The smallest absolute Gasteiger partial charge is 0.355 e. The van der Waals surface area contributed by atoms with E-state index in [0.717, 1.165) is 11.7 Å². The largest absolute Gasteiger partial charge is 0.393 e. The van der Waals surface area contributed by atoms with Gasteiger partial charge in [0.2, 0.25) is 11.8 Å². The van der Waals surface area contributed by atoms with Crippen LogP contribution in [0.15, 0.2) is 24.5 Å². The lowest BCUT2D eigenvalue weighted by Crippen LogP contribution is -2.47. The molecule has 2 amide bonds. The van der Waals surface area contributed by atoms with Crippen LogP contribution in [0.25, 0.3) is 5.65 Å². The number of imidazole rings is 1. The third-order valence-corrected chi connectivity index (χ3v) is 7.69. The molecule has 1 saturated heterocycles. The van der Waals surface area contributed by atoms with Crippen LogP contribution < -0.4 is 10.6 Å². The Labute approximate surface area is 217 Å². The molecule has 4 heterocycles. The summed E-state index contributed by atoms with van der Waals surface area (Å²) in [5, 5.41) is 9.62. The minimum Gasteiger partial charge on any atom is -0.355 e. The van der Waals surface area contributed by atoms with Crippen molar-refractivity contribution in [2.75, 3.05) is 6.54 Å². The Morgan fingerprint density at radius 2 is 2.03 bits per heavy atom. The molecule has 0 radical (unpaired) electrons. The van der Waals surface area contributed by atoms with Crippen molar-refractivity contribution in [1.29, 1.82) is 0 Å². The second-order valence-corrected chi connectivity index (χ2v) is 10.4. The van der Waals surface area contributed by atoms with Crippen LogP contribution in [0, 0.1) is 17.8 Å². The fourth-order valence-corrected chi connectivity index (χ4v) is 5.50. The summed E-state index contributed by atoms with van der Waals surface area (Å²) < 4.78 is 76.4. The number of rotatable bonds is 6. The van der Waals surface area contributed by atoms with Gasteiger partial charge in [0.15, 0.2) is 11.3 Å². The highest BCUT2D eigenvalue weighted by Crippen LogP contribution is 2.41. The lowest BCUT2D eigenvalue weighted by atomic mass is 9.81. The maximum atomic E-state index is 13.8. The Balaban J connectivity index is 1.38. The normalized spacial score (nSPS) is 23.2. The second kappa shape index (κ2) is 10.2. The van der Waals surface area contributed by atoms with Gasteiger partial charge < -0.3 is 10.6 Å². The van der Waals surface area contributed by atoms with E-state index in [-0.39, 0.29) is 50.1 Å². The van der Waals surface area contributed by atoms with Gasteiger partial charge in [0.1, 0.15) is 0 Å². The van der Waals surface area contributed by atoms with E-state index < -0.39 is 48.3 Å². The number of hydrogen-bond acceptors (Lipinski definition) is 7. The van der Waals surface area contributed by atoms with Crippen molar-refractivity contribution >= 4 is 29.2 Å². The molecule has 3 aromatic rings. The van der Waals surface area contributed by atoms with Crippen molar-refractivity contribution in [3.63, 3.8) is 0 Å². The number of aromatic nitrogens is 5. The SMILES string of the molecule is O=C(N[C@H](c1cn2nc(CC3C[C@@H](C(F)(F)F)CNC3=O)ccc2n1)C1CCC(F)(F)CC1)c1cnsn1. The van der Waals surface area contributed by atoms with Crippen molar-refractivity contribution in [2.24, 2.45) is 17.8 Å². The molecule has 5 rings (SSSR count). The summed E-state index contributed by atoms with van der Waals surface area (Å²) in [7, 11) is 0. The first kappa shape index (κ1) is 26.4. The number of halogens is 5. The number of amides is 2. The molecule has 1 aliphatic heterocycles. The van der Waals surface area contributed by atoms with Crippen LogP contribution in [0.4, 0.5) is 22.0 Å². The molecule has 2 fully saturated rings. The molecule has 3 aromatic heterocycles. The Bertz CT molecular complexity index is 1300. The molecule has 38 heavy (non-hydrogen) atoms. The molecule has 0 spiro atoms. The lowest BCUT2D eigenvalue weighted by Gasteiger charge is -2.33. The Morgan fingerprint density at radius 1 is 1.26 bits per heavy atom. The summed E-state index contributed by atoms with van der Waals surface area (Å²) >= 11 is 0.867. The van der Waals surface area contributed by atoms with E-state index in [1.54, 1.807) is 18.3 Å². The third kappa shape index (κ3) is 5.76. The summed E-state index contributed by atoms with van der Waals surface area (Å²) in [6.45, 7) is -0.437. The second-order valence-electron chi connectivity index (χ2n) is 9.85. The minimum absolute atomic E-state index is 0.0105. The maximum absolute atomic E-state index is 13.8. The van der Waals surface area contributed by atoms with Crippen molar-refractivity contribution < 1.29 is 31.5 Å². The predicted molar refractivity (Wildman–Crippen MR) is 124 cm³/mol. The summed E-state index contributed by atoms with van der Waals surface area (Å²) in [5.74, 6) is -6.52. The van der Waals surface area contributed by atoms with Crippen LogP contribution in [-0.2, 0) is 11.2 Å². The van der Waals surface area contributed by atoms with Gasteiger partial charge >= 0.3 is 6.18 Å². The van der Waals surface area contributed by atoms with E-state index in [1.165, 1.54) is 10.7 Å². The van der Waals surface area contributed by atoms with Crippen molar-refractivity contribution in [2.45, 2.75) is 56.7 Å². The molecule has 0 bridgehead atoms. The average Bonchev–Trinajstić information content (AvgIpc) is 3.53. The highest BCUT2D eigenvalue weighted by molar-refractivity contribution is 6.99. The Kier molecular flexibility index (Phi) is 7.05. The Morgan fingerprint density at radius 3 is 2.71 bits per heavy atom. The highest BCUT2D eigenvalue weighted by Gasteiger charge is 2.45. The molecule has 9 nitrogen and oxygen atoms in total. The van der Waals surface area contributed by atoms with Gasteiger partial charge in [0.25, 0.3) is 5.91 Å². The average molecular weight is 558 g/mol. The van der Waals surface area contributed by atoms with Gasteiger partial charge in [-0.2, -0.15) is 27.0 Å². The van der Waals surface area contributed by atoms with Gasteiger partial charge in [0, 0.05) is 31.7 Å². The van der Waals surface area contributed by atoms with E-state index >= 15 is 0 Å². The molecule has 2 N–H and O–H groups in total. The van der Waals surface area contributed by atoms with Gasteiger partial charge in [0.05, 0.1) is 47.5 Å². The van der Waals surface area contributed by atoms with Crippen LogP contribution in [0.3, 0.4) is 0 Å². The number of carbonyl (C=O) groups is 2. The summed E-state index contributed by atoms with van der Waals surface area (Å²) in [5.41, 5.74) is 1.32. The molecule has 2 aliphatic rings. The van der Waals surface area contributed by atoms with Crippen molar-refractivity contribution in [1.82, 2.24) is 34.0 Å². The van der Waals surface area contributed by atoms with Gasteiger partial charge in [-0.3, -0.25) is 9.59 Å². The number of fused-ring (bicyclic) bond motifs is 1. The molecule has 1 saturated carbocycles. The van der Waals surface area contributed by atoms with E-state index in [9.17, 15) is 31.5 Å². The van der Waals surface area contributed by atoms with Crippen LogP contribution in [0.5, 0.6) is 0 Å². The minimum atomic E-state index is -4.40. The summed E-state index contributed by atoms with van der Waals surface area (Å²) in [6.07, 6.45) is -2.09. The number of piperidine rings is 1. The monoisotopic (exact) mass is 557 g/mol. The van der Waals surface area contributed by atoms with Crippen molar-refractivity contribution in [3.8, 4) is 0 Å². The summed E-state index contributed by atoms with van der Waals surface area (Å²) in [4.78, 5) is 29.5. The summed E-state index contributed by atoms with van der Waals surface area (Å²) in [6, 6.07) is 2.51. The molecule has 0 aromatic carbocycles. The highest BCUT2D eigenvalue weighted by atomic mass is 32.1. The van der Waals surface area contributed by atoms with E-state index in [1.807, 2.05) is 0 Å². The number of alkyl halides is 5. The first-order valence-corrected chi connectivity index (χ1v) is 12.9. The standard InChI is InChI=1S/C23H24F5N7O2S/c24-22(25)5-3-12(4-6-22)19(32-21(37)16-10-30-38-34-16)17-11-35-18(31-17)2-1-15(33-35)8-13-7-14(23(26,27)28)9-29-20(13)36/h1-2,10-14,19H,3-9H2,(H,29,36)(H,32,37)/t13?,14-,19+/m1/s1. The first-order chi connectivity index (χ1) is 18.0. The number of nitrogens with one attached hydrogen (secondary N) is 2. The van der Waals surface area contributed by atoms with Crippen LogP contribution in [0.2, 0.25) is 0 Å². The zero-order valence-corrected chi connectivity index (χ0v) is 20.7. The Hall–Kier alpha value is -3.23. The first-order valence-electron chi connectivity index (χ1n) is 12.1. The van der Waals surface area contributed by atoms with Gasteiger partial charge in [-0.1, -0.05) is 0 Å². The van der Waals surface area contributed by atoms with Gasteiger partial charge in [-0.15, -0.1) is 0 Å². The van der Waals surface area contributed by atoms with Crippen LogP contribution >= 0.6 is 11.7 Å². The van der Waals surface area contributed by atoms with E-state index in [2.05, 4.69) is 29.5 Å². The maximum Gasteiger partial charge on any atom is 0.393 e. The fraction of sp³-hybridized carbons (Fsp3) is 0.565. The van der Waals surface area contributed by atoms with Crippen LogP contribution in [0.1, 0.15) is 60.0 Å². The molecule has 3 atom stereocenters. The number of hydrogen-bond donors (Lipinski definition) is 2. The topological polar surface area (TPSA) is 114 Å². The van der Waals surface area contributed by atoms with Crippen LogP contribution in [-0.4, -0.2) is 53.8 Å². The molecule has 1 aliphatic carbocycles. The molecule has 1 unspecified atom stereocenters. The third-order valence-electron chi connectivity index (χ3n) is 7.21. The zero-order valence-electron chi connectivity index (χ0n) is 19.9. The number of nitrogens with zero attached hydrogens (tertiary/aromatic N) is 5. The quantitative estimate of drug-likeness (QED) is 0.447. The van der Waals surface area contributed by atoms with E-state index in [4.69, 9.17) is 0 Å².